The van der Waals surface area contributed by atoms with Gasteiger partial charge in [0.15, 0.2) is 0 Å². The van der Waals surface area contributed by atoms with E-state index in [4.69, 9.17) is 4.74 Å². The number of rotatable bonds is 6. The van der Waals surface area contributed by atoms with E-state index in [0.717, 1.165) is 35.1 Å². The predicted molar refractivity (Wildman–Crippen MR) is 127 cm³/mol. The fraction of sp³-hybridized carbons (Fsp3) is 0.360. The number of nitrogens with one attached hydrogen (secondary N) is 2. The van der Waals surface area contributed by atoms with Crippen LogP contribution in [-0.2, 0) is 11.3 Å². The highest BCUT2D eigenvalue weighted by molar-refractivity contribution is 5.89. The van der Waals surface area contributed by atoms with Gasteiger partial charge in [-0.2, -0.15) is 0 Å². The Balaban J connectivity index is 1.57. The largest absolute Gasteiger partial charge is 0.379 e. The van der Waals surface area contributed by atoms with E-state index in [-0.39, 0.29) is 24.0 Å². The molecule has 2 N–H and O–H groups in total. The van der Waals surface area contributed by atoms with Crippen LogP contribution in [0.3, 0.4) is 0 Å². The molecule has 3 aromatic rings. The first-order chi connectivity index (χ1) is 15.9. The Bertz CT molecular complexity index is 1190. The Labute approximate surface area is 192 Å². The van der Waals surface area contributed by atoms with Gasteiger partial charge in [-0.15, -0.1) is 0 Å². The molecule has 0 aliphatic carbocycles. The molecular formula is C25H29FN4O3. The van der Waals surface area contributed by atoms with Gasteiger partial charge in [-0.1, -0.05) is 11.6 Å². The van der Waals surface area contributed by atoms with Gasteiger partial charge in [0.1, 0.15) is 5.82 Å². The number of carbonyl (C=O) groups is 1. The van der Waals surface area contributed by atoms with E-state index < -0.39 is 0 Å². The number of ether oxygens (including phenoxy) is 1. The molecule has 0 radical (unpaired) electrons. The van der Waals surface area contributed by atoms with Crippen molar-refractivity contribution in [1.29, 1.82) is 0 Å². The van der Waals surface area contributed by atoms with Crippen LogP contribution in [0.4, 0.5) is 14.9 Å². The number of aromatic nitrogens is 1. The summed E-state index contributed by atoms with van der Waals surface area (Å²) in [5.74, 6) is -0.370. The number of benzene rings is 2. The molecular weight excluding hydrogens is 423 g/mol. The maximum atomic E-state index is 13.2. The smallest absolute Gasteiger partial charge is 0.322 e. The van der Waals surface area contributed by atoms with Crippen LogP contribution in [0.25, 0.3) is 10.9 Å². The van der Waals surface area contributed by atoms with Crippen LogP contribution in [0.1, 0.15) is 16.7 Å². The molecule has 0 saturated carbocycles. The Morgan fingerprint density at radius 2 is 1.88 bits per heavy atom. The highest BCUT2D eigenvalue weighted by atomic mass is 19.1. The number of H-pyrrole nitrogens is 1. The lowest BCUT2D eigenvalue weighted by Gasteiger charge is -2.30. The fourth-order valence-electron chi connectivity index (χ4n) is 4.13. The molecule has 1 saturated heterocycles. The van der Waals surface area contributed by atoms with Crippen LogP contribution in [-0.4, -0.2) is 60.2 Å². The zero-order valence-electron chi connectivity index (χ0n) is 19.0. The first-order valence-corrected chi connectivity index (χ1v) is 11.1. The van der Waals surface area contributed by atoms with Gasteiger partial charge in [0.05, 0.1) is 25.3 Å². The number of morpholine rings is 1. The molecule has 0 spiro atoms. The number of halogens is 1. The molecule has 33 heavy (non-hydrogen) atoms. The number of anilines is 1. The first-order valence-electron chi connectivity index (χ1n) is 11.1. The molecule has 1 aliphatic rings. The van der Waals surface area contributed by atoms with Crippen molar-refractivity contribution >= 4 is 22.6 Å². The van der Waals surface area contributed by atoms with E-state index in [1.54, 1.807) is 4.90 Å². The summed E-state index contributed by atoms with van der Waals surface area (Å²) in [5, 5.41) is 3.76. The van der Waals surface area contributed by atoms with Gasteiger partial charge in [0.2, 0.25) is 0 Å². The summed E-state index contributed by atoms with van der Waals surface area (Å²) >= 11 is 0. The molecule has 0 atom stereocenters. The van der Waals surface area contributed by atoms with Crippen molar-refractivity contribution < 1.29 is 13.9 Å². The summed E-state index contributed by atoms with van der Waals surface area (Å²) in [5.41, 5.74) is 3.73. The number of nitrogens with zero attached hydrogens (tertiary/aromatic N) is 2. The SMILES string of the molecule is Cc1cc(C)c2[nH]c(=O)c(CN(CCN3CCOCC3)C(=O)Nc3ccc(F)cc3)cc2c1. The molecule has 2 amide bonds. The van der Waals surface area contributed by atoms with Crippen LogP contribution >= 0.6 is 0 Å². The number of hydrogen-bond donors (Lipinski definition) is 2. The van der Waals surface area contributed by atoms with Gasteiger partial charge >= 0.3 is 6.03 Å². The van der Waals surface area contributed by atoms with E-state index in [9.17, 15) is 14.0 Å². The Hall–Kier alpha value is -3.23. The quantitative estimate of drug-likeness (QED) is 0.599. The minimum absolute atomic E-state index is 0.162. The van der Waals surface area contributed by atoms with E-state index in [0.29, 0.717) is 37.6 Å². The maximum absolute atomic E-state index is 13.2. The lowest BCUT2D eigenvalue weighted by molar-refractivity contribution is 0.0349. The molecule has 2 heterocycles. The van der Waals surface area contributed by atoms with Gasteiger partial charge in [0.25, 0.3) is 5.56 Å². The van der Waals surface area contributed by atoms with Gasteiger partial charge in [0, 0.05) is 37.4 Å². The summed E-state index contributed by atoms with van der Waals surface area (Å²) in [7, 11) is 0. The third-order valence-electron chi connectivity index (χ3n) is 5.90. The van der Waals surface area contributed by atoms with Crippen molar-refractivity contribution in [2.45, 2.75) is 20.4 Å². The molecule has 7 nitrogen and oxygen atoms in total. The highest BCUT2D eigenvalue weighted by Crippen LogP contribution is 2.19. The molecule has 1 aromatic heterocycles. The topological polar surface area (TPSA) is 77.7 Å². The number of aromatic amines is 1. The van der Waals surface area contributed by atoms with Gasteiger partial charge in [-0.25, -0.2) is 9.18 Å². The third kappa shape index (κ3) is 5.77. The molecule has 8 heteroatoms. The summed E-state index contributed by atoms with van der Waals surface area (Å²) in [6, 6.07) is 11.2. The fourth-order valence-corrected chi connectivity index (χ4v) is 4.13. The number of amides is 2. The average molecular weight is 453 g/mol. The first kappa shape index (κ1) is 22.9. The minimum atomic E-state index is -0.370. The molecule has 1 fully saturated rings. The van der Waals surface area contributed by atoms with E-state index in [2.05, 4.69) is 15.2 Å². The van der Waals surface area contributed by atoms with Crippen LogP contribution in [0.15, 0.2) is 47.3 Å². The van der Waals surface area contributed by atoms with E-state index in [1.165, 1.54) is 24.3 Å². The van der Waals surface area contributed by atoms with Crippen molar-refractivity contribution in [2.24, 2.45) is 0 Å². The normalized spacial score (nSPS) is 14.4. The summed E-state index contributed by atoms with van der Waals surface area (Å²) in [6.07, 6.45) is 0. The van der Waals surface area contributed by atoms with Gasteiger partial charge in [-0.05, 0) is 61.2 Å². The maximum Gasteiger partial charge on any atom is 0.322 e. The summed E-state index contributed by atoms with van der Waals surface area (Å²) in [6.45, 7) is 8.22. The van der Waals surface area contributed by atoms with Crippen LogP contribution in [0, 0.1) is 19.7 Å². The lowest BCUT2D eigenvalue weighted by atomic mass is 10.1. The highest BCUT2D eigenvalue weighted by Gasteiger charge is 2.19. The Kier molecular flexibility index (Phi) is 7.05. The minimum Gasteiger partial charge on any atom is -0.379 e. The average Bonchev–Trinajstić information content (AvgIpc) is 2.79. The van der Waals surface area contributed by atoms with Crippen molar-refractivity contribution in [3.63, 3.8) is 0 Å². The number of carbonyl (C=O) groups excluding carboxylic acids is 1. The van der Waals surface area contributed by atoms with E-state index in [1.807, 2.05) is 32.0 Å². The standard InChI is InChI=1S/C25H29FN4O3/c1-17-13-18(2)23-19(14-17)15-20(24(31)28-23)16-30(8-7-29-9-11-33-12-10-29)25(32)27-22-5-3-21(26)4-6-22/h3-6,13-15H,7-12,16H2,1-2H3,(H,27,32)(H,28,31). The number of urea groups is 1. The van der Waals surface area contributed by atoms with Gasteiger partial charge in [-0.3, -0.25) is 9.69 Å². The van der Waals surface area contributed by atoms with Crippen LogP contribution in [0.5, 0.6) is 0 Å². The van der Waals surface area contributed by atoms with Crippen molar-refractivity contribution in [3.8, 4) is 0 Å². The Morgan fingerprint density at radius 1 is 1.15 bits per heavy atom. The molecule has 0 bridgehead atoms. The number of pyridine rings is 1. The second kappa shape index (κ2) is 10.1. The zero-order chi connectivity index (χ0) is 23.4. The second-order valence-corrected chi connectivity index (χ2v) is 8.48. The van der Waals surface area contributed by atoms with Crippen LogP contribution < -0.4 is 10.9 Å². The molecule has 2 aromatic carbocycles. The van der Waals surface area contributed by atoms with Crippen molar-refractivity contribution in [3.05, 3.63) is 75.3 Å². The van der Waals surface area contributed by atoms with Crippen LogP contribution in [0.2, 0.25) is 0 Å². The number of aryl methyl sites for hydroxylation is 2. The summed E-state index contributed by atoms with van der Waals surface area (Å²) in [4.78, 5) is 32.8. The summed E-state index contributed by atoms with van der Waals surface area (Å²) < 4.78 is 18.7. The Morgan fingerprint density at radius 3 is 2.61 bits per heavy atom. The molecule has 1 aliphatic heterocycles. The van der Waals surface area contributed by atoms with Crippen molar-refractivity contribution in [1.82, 2.24) is 14.8 Å². The van der Waals surface area contributed by atoms with Gasteiger partial charge < -0.3 is 19.9 Å². The molecule has 4 rings (SSSR count). The predicted octanol–water partition coefficient (Wildman–Crippen LogP) is 3.65. The molecule has 0 unspecified atom stereocenters. The number of hydrogen-bond acceptors (Lipinski definition) is 4. The van der Waals surface area contributed by atoms with E-state index >= 15 is 0 Å². The number of fused-ring (bicyclic) bond motifs is 1. The lowest BCUT2D eigenvalue weighted by Crippen LogP contribution is -2.44. The van der Waals surface area contributed by atoms with Crippen molar-refractivity contribution in [2.75, 3.05) is 44.7 Å². The third-order valence-corrected chi connectivity index (χ3v) is 5.90. The monoisotopic (exact) mass is 452 g/mol. The second-order valence-electron chi connectivity index (χ2n) is 8.48. The zero-order valence-corrected chi connectivity index (χ0v) is 19.0. The molecule has 174 valence electrons.